The minimum Gasteiger partial charge on any atom is -0.508 e. The molecular formula is C12H17N3O3. The maximum absolute atomic E-state index is 11.9. The molecule has 6 heteroatoms. The van der Waals surface area contributed by atoms with E-state index in [1.54, 1.807) is 26.0 Å². The second kappa shape index (κ2) is 5.90. The highest BCUT2D eigenvalue weighted by Gasteiger charge is 2.16. The van der Waals surface area contributed by atoms with Crippen LogP contribution in [-0.4, -0.2) is 28.1 Å². The fourth-order valence-corrected chi connectivity index (χ4v) is 1.45. The Balaban J connectivity index is 2.84. The molecule has 0 heterocycles. The summed E-state index contributed by atoms with van der Waals surface area (Å²) in [5.41, 5.74) is 6.46. The molecule has 0 aliphatic rings. The van der Waals surface area contributed by atoms with Gasteiger partial charge in [-0.15, -0.1) is 0 Å². The van der Waals surface area contributed by atoms with Gasteiger partial charge in [0.25, 0.3) is 5.91 Å². The topological polar surface area (TPSA) is 108 Å². The van der Waals surface area contributed by atoms with Crippen molar-refractivity contribution in [2.45, 2.75) is 26.3 Å². The van der Waals surface area contributed by atoms with Crippen molar-refractivity contribution in [1.82, 2.24) is 5.32 Å². The van der Waals surface area contributed by atoms with Gasteiger partial charge in [-0.25, -0.2) is 0 Å². The summed E-state index contributed by atoms with van der Waals surface area (Å²) in [5.74, 6) is -0.384. The molecule has 1 atom stereocenters. The highest BCUT2D eigenvalue weighted by Crippen LogP contribution is 2.17. The van der Waals surface area contributed by atoms with Crippen molar-refractivity contribution < 1.29 is 15.1 Å². The maximum Gasteiger partial charge on any atom is 0.252 e. The minimum atomic E-state index is -0.536. The van der Waals surface area contributed by atoms with Gasteiger partial charge in [-0.2, -0.15) is 0 Å². The number of carbonyl (C=O) groups is 1. The van der Waals surface area contributed by atoms with Crippen molar-refractivity contribution in [3.05, 3.63) is 29.3 Å². The number of amides is 1. The zero-order valence-electron chi connectivity index (χ0n) is 10.3. The summed E-state index contributed by atoms with van der Waals surface area (Å²) < 4.78 is 0. The van der Waals surface area contributed by atoms with Crippen LogP contribution in [0.2, 0.25) is 0 Å². The van der Waals surface area contributed by atoms with Gasteiger partial charge in [0.1, 0.15) is 5.75 Å². The molecule has 98 valence electrons. The van der Waals surface area contributed by atoms with Crippen molar-refractivity contribution in [3.8, 4) is 5.75 Å². The zero-order valence-corrected chi connectivity index (χ0v) is 10.3. The normalized spacial score (nSPS) is 13.1. The Kier molecular flexibility index (Phi) is 4.53. The Morgan fingerprint density at radius 2 is 2.22 bits per heavy atom. The number of hydrogen-bond acceptors (Lipinski definition) is 4. The number of phenols is 1. The van der Waals surface area contributed by atoms with Crippen molar-refractivity contribution in [2.75, 3.05) is 0 Å². The molecule has 0 spiro atoms. The third-order valence-corrected chi connectivity index (χ3v) is 2.66. The number of nitrogens with one attached hydrogen (secondary N) is 1. The number of rotatable bonds is 4. The molecule has 18 heavy (non-hydrogen) atoms. The molecule has 1 amide bonds. The molecule has 1 aromatic carbocycles. The fraction of sp³-hybridized carbons (Fsp3) is 0.333. The largest absolute Gasteiger partial charge is 0.508 e. The molecule has 0 bridgehead atoms. The summed E-state index contributed by atoms with van der Waals surface area (Å²) in [6.45, 7) is 3.54. The first-order valence-corrected chi connectivity index (χ1v) is 5.57. The van der Waals surface area contributed by atoms with Gasteiger partial charge in [-0.05, 0) is 31.0 Å². The van der Waals surface area contributed by atoms with E-state index in [0.29, 0.717) is 17.5 Å². The molecule has 0 radical (unpaired) electrons. The number of aryl methyl sites for hydroxylation is 1. The van der Waals surface area contributed by atoms with Crippen LogP contribution >= 0.6 is 0 Å². The van der Waals surface area contributed by atoms with Crippen molar-refractivity contribution in [3.63, 3.8) is 0 Å². The Labute approximate surface area is 105 Å². The second-order valence-corrected chi connectivity index (χ2v) is 3.96. The molecule has 1 aromatic rings. The van der Waals surface area contributed by atoms with E-state index in [1.807, 2.05) is 0 Å². The molecule has 1 rings (SSSR count). The van der Waals surface area contributed by atoms with Crippen LogP contribution in [0.4, 0.5) is 0 Å². The molecule has 5 N–H and O–H groups in total. The van der Waals surface area contributed by atoms with Gasteiger partial charge in [0.15, 0.2) is 5.84 Å². The van der Waals surface area contributed by atoms with Gasteiger partial charge in [0.2, 0.25) is 0 Å². The van der Waals surface area contributed by atoms with Gasteiger partial charge in [0.05, 0.1) is 6.04 Å². The summed E-state index contributed by atoms with van der Waals surface area (Å²) in [4.78, 5) is 11.9. The first kappa shape index (κ1) is 13.8. The second-order valence-electron chi connectivity index (χ2n) is 3.96. The maximum atomic E-state index is 11.9. The third-order valence-electron chi connectivity index (χ3n) is 2.66. The van der Waals surface area contributed by atoms with Gasteiger partial charge in [-0.1, -0.05) is 18.1 Å². The number of phenolic OH excluding ortho intramolecular Hbond substituents is 1. The van der Waals surface area contributed by atoms with Gasteiger partial charge >= 0.3 is 0 Å². The van der Waals surface area contributed by atoms with E-state index in [-0.39, 0.29) is 17.5 Å². The Morgan fingerprint density at radius 3 is 2.72 bits per heavy atom. The smallest absolute Gasteiger partial charge is 0.252 e. The molecule has 0 saturated heterocycles. The Hall–Kier alpha value is -2.24. The summed E-state index contributed by atoms with van der Waals surface area (Å²) in [5, 5.41) is 23.6. The number of carbonyl (C=O) groups excluding carboxylic acids is 1. The van der Waals surface area contributed by atoms with Gasteiger partial charge in [0, 0.05) is 5.56 Å². The average Bonchev–Trinajstić information content (AvgIpc) is 2.37. The van der Waals surface area contributed by atoms with Crippen LogP contribution < -0.4 is 11.1 Å². The molecular weight excluding hydrogens is 234 g/mol. The summed E-state index contributed by atoms with van der Waals surface area (Å²) in [7, 11) is 0. The highest BCUT2D eigenvalue weighted by molar-refractivity contribution is 5.98. The number of amidine groups is 1. The van der Waals surface area contributed by atoms with E-state index in [1.165, 1.54) is 6.07 Å². The number of aromatic hydroxyl groups is 1. The lowest BCUT2D eigenvalue weighted by atomic mass is 10.1. The monoisotopic (exact) mass is 251 g/mol. The van der Waals surface area contributed by atoms with E-state index in [0.717, 1.165) is 0 Å². The lowest BCUT2D eigenvalue weighted by Gasteiger charge is -2.15. The van der Waals surface area contributed by atoms with Crippen LogP contribution in [0.25, 0.3) is 0 Å². The van der Waals surface area contributed by atoms with Crippen molar-refractivity contribution >= 4 is 11.7 Å². The molecule has 0 saturated carbocycles. The van der Waals surface area contributed by atoms with Crippen LogP contribution in [0.3, 0.4) is 0 Å². The minimum absolute atomic E-state index is 0.0535. The highest BCUT2D eigenvalue weighted by atomic mass is 16.4. The molecule has 0 aliphatic carbocycles. The number of nitrogens with two attached hydrogens (primary N) is 1. The lowest BCUT2D eigenvalue weighted by molar-refractivity contribution is 0.0945. The summed E-state index contributed by atoms with van der Waals surface area (Å²) >= 11 is 0. The number of oxime groups is 1. The SMILES string of the molecule is CCC(NC(=O)c1ccc(C)c(O)c1)/C(N)=N/O. The van der Waals surface area contributed by atoms with E-state index >= 15 is 0 Å². The van der Waals surface area contributed by atoms with Crippen LogP contribution in [0, 0.1) is 6.92 Å². The molecule has 1 unspecified atom stereocenters. The summed E-state index contributed by atoms with van der Waals surface area (Å²) in [6, 6.07) is 4.09. The van der Waals surface area contributed by atoms with E-state index in [2.05, 4.69) is 10.5 Å². The predicted molar refractivity (Wildman–Crippen MR) is 67.8 cm³/mol. The van der Waals surface area contributed by atoms with Crippen LogP contribution in [0.5, 0.6) is 5.75 Å². The van der Waals surface area contributed by atoms with Crippen molar-refractivity contribution in [1.29, 1.82) is 0 Å². The third kappa shape index (κ3) is 3.13. The number of hydrogen-bond donors (Lipinski definition) is 4. The Bertz CT molecular complexity index is 472. The Morgan fingerprint density at radius 1 is 1.56 bits per heavy atom. The van der Waals surface area contributed by atoms with Crippen molar-refractivity contribution in [2.24, 2.45) is 10.9 Å². The molecule has 0 aliphatic heterocycles. The van der Waals surface area contributed by atoms with E-state index in [9.17, 15) is 9.90 Å². The van der Waals surface area contributed by atoms with E-state index in [4.69, 9.17) is 10.9 Å². The predicted octanol–water partition coefficient (Wildman–Crippen LogP) is 0.955. The quantitative estimate of drug-likeness (QED) is 0.276. The number of nitrogens with zero attached hydrogens (tertiary/aromatic N) is 1. The van der Waals surface area contributed by atoms with Gasteiger partial charge in [-0.3, -0.25) is 4.79 Å². The molecule has 0 fully saturated rings. The standard InChI is InChI=1S/C12H17N3O3/c1-3-9(11(13)15-18)14-12(17)8-5-4-7(2)10(16)6-8/h4-6,9,16,18H,3H2,1-2H3,(H2,13,15)(H,14,17). The average molecular weight is 251 g/mol. The summed E-state index contributed by atoms with van der Waals surface area (Å²) in [6.07, 6.45) is 0.499. The zero-order chi connectivity index (χ0) is 13.7. The van der Waals surface area contributed by atoms with Gasteiger partial charge < -0.3 is 21.4 Å². The first-order chi connectivity index (χ1) is 8.49. The number of benzene rings is 1. The van der Waals surface area contributed by atoms with Crippen LogP contribution in [0.15, 0.2) is 23.4 Å². The van der Waals surface area contributed by atoms with Crippen LogP contribution in [0.1, 0.15) is 29.3 Å². The first-order valence-electron chi connectivity index (χ1n) is 5.57. The van der Waals surface area contributed by atoms with Crippen LogP contribution in [-0.2, 0) is 0 Å². The molecule has 0 aromatic heterocycles. The molecule has 6 nitrogen and oxygen atoms in total. The fourth-order valence-electron chi connectivity index (χ4n) is 1.45. The van der Waals surface area contributed by atoms with E-state index < -0.39 is 6.04 Å². The lowest BCUT2D eigenvalue weighted by Crippen LogP contribution is -2.44.